The predicted molar refractivity (Wildman–Crippen MR) is 57.7 cm³/mol. The lowest BCUT2D eigenvalue weighted by Gasteiger charge is -2.03. The molecule has 0 fully saturated rings. The van der Waals surface area contributed by atoms with E-state index in [1.807, 2.05) is 24.3 Å². The van der Waals surface area contributed by atoms with Gasteiger partial charge in [0.15, 0.2) is 0 Å². The molecule has 2 atom stereocenters. The van der Waals surface area contributed by atoms with Gasteiger partial charge in [0.2, 0.25) is 5.90 Å². The Morgan fingerprint density at radius 2 is 2.23 bits per heavy atom. The summed E-state index contributed by atoms with van der Waals surface area (Å²) in [6, 6.07) is 8.36. The molecule has 3 heteroatoms. The van der Waals surface area contributed by atoms with Gasteiger partial charge in [0.25, 0.3) is 0 Å². The van der Waals surface area contributed by atoms with Crippen LogP contribution < -0.4 is 5.30 Å². The van der Waals surface area contributed by atoms with Crippen LogP contribution in [0, 0.1) is 0 Å². The van der Waals surface area contributed by atoms with E-state index >= 15 is 0 Å². The van der Waals surface area contributed by atoms with Crippen molar-refractivity contribution >= 4 is 20.4 Å². The van der Waals surface area contributed by atoms with Gasteiger partial charge in [-0.15, -0.1) is 9.24 Å². The first-order valence-electron chi connectivity index (χ1n) is 4.33. The quantitative estimate of drug-likeness (QED) is 0.617. The van der Waals surface area contributed by atoms with Crippen LogP contribution >= 0.6 is 9.24 Å². The van der Waals surface area contributed by atoms with Crippen molar-refractivity contribution in [2.45, 2.75) is 13.0 Å². The maximum absolute atomic E-state index is 5.47. The summed E-state index contributed by atoms with van der Waals surface area (Å²) >= 11 is 0. The highest BCUT2D eigenvalue weighted by Crippen LogP contribution is 2.11. The summed E-state index contributed by atoms with van der Waals surface area (Å²) in [6.45, 7) is 2.76. The molecule has 0 N–H and O–H groups in total. The third-order valence-electron chi connectivity index (χ3n) is 1.99. The van der Waals surface area contributed by atoms with Crippen LogP contribution in [0.3, 0.4) is 0 Å². The lowest BCUT2D eigenvalue weighted by atomic mass is 10.2. The van der Waals surface area contributed by atoms with Gasteiger partial charge < -0.3 is 4.74 Å². The summed E-state index contributed by atoms with van der Waals surface area (Å²) in [5, 5.41) is 1.13. The number of nitrogens with zero attached hydrogens (tertiary/aromatic N) is 1. The van der Waals surface area contributed by atoms with Gasteiger partial charge in [0.05, 0.1) is 6.04 Å². The first-order chi connectivity index (χ1) is 6.27. The second-order valence-electron chi connectivity index (χ2n) is 3.18. The summed E-state index contributed by atoms with van der Waals surface area (Å²) in [7, 11) is 2.69. The predicted octanol–water partition coefficient (Wildman–Crippen LogP) is 1.35. The molecule has 0 saturated carbocycles. The molecule has 0 radical (unpaired) electrons. The molecular formula is C10H12NOP. The first kappa shape index (κ1) is 8.71. The molecule has 1 heterocycles. The Morgan fingerprint density at radius 3 is 2.85 bits per heavy atom. The Balaban J connectivity index is 2.36. The maximum Gasteiger partial charge on any atom is 0.217 e. The number of hydrogen-bond acceptors (Lipinski definition) is 2. The highest BCUT2D eigenvalue weighted by molar-refractivity contribution is 7.27. The summed E-state index contributed by atoms with van der Waals surface area (Å²) < 4.78 is 5.47. The summed E-state index contributed by atoms with van der Waals surface area (Å²) in [4.78, 5) is 4.40. The number of benzene rings is 1. The molecule has 0 saturated heterocycles. The van der Waals surface area contributed by atoms with Crippen LogP contribution in [0.25, 0.3) is 0 Å². The third-order valence-corrected chi connectivity index (χ3v) is 2.49. The average molecular weight is 193 g/mol. The molecule has 2 rings (SSSR count). The van der Waals surface area contributed by atoms with Crippen LogP contribution in [-0.4, -0.2) is 18.5 Å². The second kappa shape index (κ2) is 3.47. The maximum atomic E-state index is 5.47. The van der Waals surface area contributed by atoms with Crippen LogP contribution in [0.1, 0.15) is 12.5 Å². The van der Waals surface area contributed by atoms with Crippen molar-refractivity contribution in [3.05, 3.63) is 29.8 Å². The van der Waals surface area contributed by atoms with E-state index < -0.39 is 0 Å². The fraction of sp³-hybridized carbons (Fsp3) is 0.300. The van der Waals surface area contributed by atoms with Crippen molar-refractivity contribution < 1.29 is 4.74 Å². The fourth-order valence-corrected chi connectivity index (χ4v) is 1.64. The van der Waals surface area contributed by atoms with Crippen LogP contribution in [0.15, 0.2) is 29.3 Å². The molecule has 0 aliphatic carbocycles. The number of hydrogen-bond donors (Lipinski definition) is 0. The van der Waals surface area contributed by atoms with E-state index in [9.17, 15) is 0 Å². The molecule has 1 aliphatic rings. The van der Waals surface area contributed by atoms with Gasteiger partial charge in [-0.05, 0) is 18.3 Å². The minimum Gasteiger partial charge on any atom is -0.475 e. The summed E-state index contributed by atoms with van der Waals surface area (Å²) in [6.07, 6.45) is 0. The molecule has 2 nitrogen and oxygen atoms in total. The largest absolute Gasteiger partial charge is 0.475 e. The Hall–Kier alpha value is -0.880. The minimum atomic E-state index is 0.291. The third kappa shape index (κ3) is 1.73. The Labute approximate surface area is 80.2 Å². The highest BCUT2D eigenvalue weighted by Gasteiger charge is 2.16. The van der Waals surface area contributed by atoms with Gasteiger partial charge >= 0.3 is 0 Å². The molecule has 1 aromatic carbocycles. The zero-order chi connectivity index (χ0) is 9.26. The van der Waals surface area contributed by atoms with E-state index in [0.717, 1.165) is 16.8 Å². The van der Waals surface area contributed by atoms with Crippen molar-refractivity contribution in [3.8, 4) is 0 Å². The lowest BCUT2D eigenvalue weighted by Crippen LogP contribution is -2.10. The molecule has 13 heavy (non-hydrogen) atoms. The average Bonchev–Trinajstić information content (AvgIpc) is 2.53. The molecule has 1 aliphatic heterocycles. The second-order valence-corrected chi connectivity index (χ2v) is 3.80. The smallest absolute Gasteiger partial charge is 0.217 e. The standard InChI is InChI=1S/C10H12NOP/c1-7-6-12-10(11-7)8-4-2-3-5-9(8)13/h2-5,7H,6,13H2,1H3/t7-/m0/s1. The van der Waals surface area contributed by atoms with Gasteiger partial charge in [-0.3, -0.25) is 0 Å². The van der Waals surface area contributed by atoms with E-state index in [1.54, 1.807) is 0 Å². The fourth-order valence-electron chi connectivity index (χ4n) is 1.31. The first-order valence-corrected chi connectivity index (χ1v) is 4.90. The molecular weight excluding hydrogens is 181 g/mol. The van der Waals surface area contributed by atoms with E-state index in [0.29, 0.717) is 12.6 Å². The van der Waals surface area contributed by atoms with Gasteiger partial charge in [0.1, 0.15) is 6.61 Å². The zero-order valence-electron chi connectivity index (χ0n) is 7.53. The topological polar surface area (TPSA) is 21.6 Å². The van der Waals surface area contributed by atoms with Crippen LogP contribution in [0.4, 0.5) is 0 Å². The highest BCUT2D eigenvalue weighted by atomic mass is 31.0. The molecule has 0 spiro atoms. The Kier molecular flexibility index (Phi) is 2.32. The molecule has 1 unspecified atom stereocenters. The van der Waals surface area contributed by atoms with Gasteiger partial charge in [-0.25, -0.2) is 4.99 Å². The lowest BCUT2D eigenvalue weighted by molar-refractivity contribution is 0.324. The SMILES string of the molecule is C[C@H]1COC(c2ccccc2P)=N1. The van der Waals surface area contributed by atoms with E-state index in [-0.39, 0.29) is 0 Å². The molecule has 0 amide bonds. The van der Waals surface area contributed by atoms with Gasteiger partial charge in [0, 0.05) is 5.56 Å². The van der Waals surface area contributed by atoms with Crippen LogP contribution in [0.5, 0.6) is 0 Å². The molecule has 1 aromatic rings. The van der Waals surface area contributed by atoms with E-state index in [4.69, 9.17) is 4.74 Å². The summed E-state index contributed by atoms with van der Waals surface area (Å²) in [5.74, 6) is 0.776. The van der Waals surface area contributed by atoms with Gasteiger partial charge in [-0.2, -0.15) is 0 Å². The van der Waals surface area contributed by atoms with Gasteiger partial charge in [-0.1, -0.05) is 18.2 Å². The number of aliphatic imine (C=N–C) groups is 1. The zero-order valence-corrected chi connectivity index (χ0v) is 8.68. The Bertz CT molecular complexity index is 349. The number of ether oxygens (including phenoxy) is 1. The minimum absolute atomic E-state index is 0.291. The monoisotopic (exact) mass is 193 g/mol. The molecule has 68 valence electrons. The Morgan fingerprint density at radius 1 is 1.46 bits per heavy atom. The van der Waals surface area contributed by atoms with Crippen molar-refractivity contribution in [3.63, 3.8) is 0 Å². The van der Waals surface area contributed by atoms with Crippen LogP contribution in [0.2, 0.25) is 0 Å². The normalized spacial score (nSPS) is 21.1. The van der Waals surface area contributed by atoms with Crippen molar-refractivity contribution in [1.29, 1.82) is 0 Å². The number of rotatable bonds is 1. The van der Waals surface area contributed by atoms with Crippen molar-refractivity contribution in [2.75, 3.05) is 6.61 Å². The van der Waals surface area contributed by atoms with Crippen molar-refractivity contribution in [2.24, 2.45) is 4.99 Å². The van der Waals surface area contributed by atoms with E-state index in [2.05, 4.69) is 21.2 Å². The van der Waals surface area contributed by atoms with E-state index in [1.165, 1.54) is 0 Å². The van der Waals surface area contributed by atoms with Crippen molar-refractivity contribution in [1.82, 2.24) is 0 Å². The van der Waals surface area contributed by atoms with Crippen LogP contribution in [-0.2, 0) is 4.74 Å². The summed E-state index contributed by atoms with van der Waals surface area (Å²) in [5.41, 5.74) is 1.08. The molecule has 0 aromatic heterocycles. The molecule has 0 bridgehead atoms.